The van der Waals surface area contributed by atoms with Crippen LogP contribution in [-0.4, -0.2) is 47.5 Å². The van der Waals surface area contributed by atoms with Gasteiger partial charge in [-0.3, -0.25) is 4.79 Å². The zero-order valence-corrected chi connectivity index (χ0v) is 13.4. The summed E-state index contributed by atoms with van der Waals surface area (Å²) in [5.74, 6) is 0.0102. The van der Waals surface area contributed by atoms with E-state index in [1.165, 1.54) is 0 Å². The number of carbonyl (C=O) groups excluding carboxylic acids is 1. The number of aromatic hydroxyl groups is 1. The van der Waals surface area contributed by atoms with Crippen molar-refractivity contribution in [3.8, 4) is 17.2 Å². The van der Waals surface area contributed by atoms with Crippen LogP contribution in [-0.2, 0) is 4.74 Å². The summed E-state index contributed by atoms with van der Waals surface area (Å²) >= 11 is 0. The highest BCUT2D eigenvalue weighted by Crippen LogP contribution is 2.31. The highest BCUT2D eigenvalue weighted by Gasteiger charge is 2.17. The van der Waals surface area contributed by atoms with E-state index in [1.54, 1.807) is 42.5 Å². The van der Waals surface area contributed by atoms with Gasteiger partial charge in [-0.1, -0.05) is 18.2 Å². The molecule has 3 aromatic rings. The van der Waals surface area contributed by atoms with E-state index in [4.69, 9.17) is 14.3 Å². The minimum atomic E-state index is -0.296. The molecule has 0 aliphatic heterocycles. The second kappa shape index (κ2) is 7.78. The largest absolute Gasteiger partial charge is 0.507 e. The van der Waals surface area contributed by atoms with Crippen LogP contribution in [0.5, 0.6) is 5.75 Å². The average Bonchev–Trinajstić information content (AvgIpc) is 3.05. The molecule has 0 aliphatic rings. The summed E-state index contributed by atoms with van der Waals surface area (Å²) in [6.07, 6.45) is 0. The number of aliphatic hydroxyl groups excluding tert-OH is 1. The van der Waals surface area contributed by atoms with Crippen molar-refractivity contribution in [2.24, 2.45) is 0 Å². The summed E-state index contributed by atoms with van der Waals surface area (Å²) in [4.78, 5) is 16.7. The maximum atomic E-state index is 12.4. The number of benzene rings is 2. The van der Waals surface area contributed by atoms with Gasteiger partial charge in [0.1, 0.15) is 11.3 Å². The lowest BCUT2D eigenvalue weighted by molar-refractivity contribution is 0.0839. The van der Waals surface area contributed by atoms with Gasteiger partial charge < -0.3 is 24.7 Å². The number of phenolic OH excluding ortho intramolecular Hbond substituents is 1. The number of ether oxygens (including phenoxy) is 1. The molecule has 0 saturated heterocycles. The summed E-state index contributed by atoms with van der Waals surface area (Å²) in [5, 5.41) is 21.3. The highest BCUT2D eigenvalue weighted by atomic mass is 16.5. The van der Waals surface area contributed by atoms with Crippen molar-refractivity contribution < 1.29 is 24.2 Å². The second-order valence-corrected chi connectivity index (χ2v) is 5.28. The zero-order valence-electron chi connectivity index (χ0n) is 13.4. The Labute approximate surface area is 143 Å². The molecule has 25 heavy (non-hydrogen) atoms. The van der Waals surface area contributed by atoms with E-state index in [0.717, 1.165) is 0 Å². The molecule has 0 aliphatic carbocycles. The molecule has 7 heteroatoms. The molecule has 0 unspecified atom stereocenters. The van der Waals surface area contributed by atoms with E-state index < -0.39 is 0 Å². The van der Waals surface area contributed by atoms with Crippen molar-refractivity contribution in [1.29, 1.82) is 0 Å². The lowest BCUT2D eigenvalue weighted by atomic mass is 10.1. The average molecular weight is 342 g/mol. The predicted octanol–water partition coefficient (Wildman–Crippen LogP) is 1.94. The molecule has 1 aromatic heterocycles. The molecule has 0 bridgehead atoms. The van der Waals surface area contributed by atoms with E-state index in [2.05, 4.69) is 10.3 Å². The van der Waals surface area contributed by atoms with Crippen LogP contribution in [0.1, 0.15) is 10.4 Å². The Morgan fingerprint density at radius 2 is 2.00 bits per heavy atom. The van der Waals surface area contributed by atoms with Crippen molar-refractivity contribution in [2.75, 3.05) is 26.4 Å². The lowest BCUT2D eigenvalue weighted by Crippen LogP contribution is -2.27. The molecular formula is C18H18N2O5. The standard InChI is InChI=1S/C18H18N2O5/c21-9-11-24-10-8-19-17(23)13-5-3-7-15-16(13)20-18(25-15)12-4-1-2-6-14(12)22/h1-7,21-22H,8-11H2,(H,19,23). The van der Waals surface area contributed by atoms with E-state index in [0.29, 0.717) is 35.4 Å². The minimum Gasteiger partial charge on any atom is -0.507 e. The first-order chi connectivity index (χ1) is 12.2. The third kappa shape index (κ3) is 3.78. The molecule has 1 amide bonds. The van der Waals surface area contributed by atoms with Gasteiger partial charge in [0.15, 0.2) is 5.58 Å². The fourth-order valence-corrected chi connectivity index (χ4v) is 2.40. The molecule has 7 nitrogen and oxygen atoms in total. The number of para-hydroxylation sites is 2. The molecule has 3 N–H and O–H groups in total. The van der Waals surface area contributed by atoms with Crippen LogP contribution in [0.2, 0.25) is 0 Å². The number of nitrogens with one attached hydrogen (secondary N) is 1. The number of fused-ring (bicyclic) bond motifs is 1. The number of amides is 1. The maximum Gasteiger partial charge on any atom is 0.253 e. The van der Waals surface area contributed by atoms with Crippen molar-refractivity contribution in [3.05, 3.63) is 48.0 Å². The topological polar surface area (TPSA) is 105 Å². The summed E-state index contributed by atoms with van der Waals surface area (Å²) in [6.45, 7) is 0.809. The normalized spacial score (nSPS) is 10.9. The molecule has 0 radical (unpaired) electrons. The van der Waals surface area contributed by atoms with Gasteiger partial charge in [-0.05, 0) is 24.3 Å². The van der Waals surface area contributed by atoms with Crippen molar-refractivity contribution >= 4 is 17.0 Å². The Kier molecular flexibility index (Phi) is 5.27. The Balaban J connectivity index is 1.82. The molecule has 2 aromatic carbocycles. The Morgan fingerprint density at radius 3 is 2.80 bits per heavy atom. The molecule has 0 atom stereocenters. The van der Waals surface area contributed by atoms with Crippen molar-refractivity contribution in [2.45, 2.75) is 0 Å². The van der Waals surface area contributed by atoms with E-state index in [9.17, 15) is 9.90 Å². The lowest BCUT2D eigenvalue weighted by Gasteiger charge is -2.05. The number of hydrogen-bond donors (Lipinski definition) is 3. The fraction of sp³-hybridized carbons (Fsp3) is 0.222. The van der Waals surface area contributed by atoms with Gasteiger partial charge in [0.2, 0.25) is 5.89 Å². The molecular weight excluding hydrogens is 324 g/mol. The van der Waals surface area contributed by atoms with Gasteiger partial charge in [0, 0.05) is 6.54 Å². The number of nitrogens with zero attached hydrogens (tertiary/aromatic N) is 1. The molecule has 1 heterocycles. The number of oxazole rings is 1. The second-order valence-electron chi connectivity index (χ2n) is 5.28. The third-order valence-electron chi connectivity index (χ3n) is 3.57. The van der Waals surface area contributed by atoms with Crippen molar-refractivity contribution in [3.63, 3.8) is 0 Å². The Morgan fingerprint density at radius 1 is 1.16 bits per heavy atom. The Bertz CT molecular complexity index is 875. The quantitative estimate of drug-likeness (QED) is 0.567. The molecule has 0 saturated carbocycles. The number of aromatic nitrogens is 1. The summed E-state index contributed by atoms with van der Waals surface area (Å²) in [7, 11) is 0. The number of carbonyl (C=O) groups is 1. The monoisotopic (exact) mass is 342 g/mol. The molecule has 3 rings (SSSR count). The number of hydrogen-bond acceptors (Lipinski definition) is 6. The summed E-state index contributed by atoms with van der Waals surface area (Å²) < 4.78 is 10.8. The van der Waals surface area contributed by atoms with Gasteiger partial charge in [-0.2, -0.15) is 0 Å². The summed E-state index contributed by atoms with van der Waals surface area (Å²) in [6, 6.07) is 11.8. The molecule has 0 fully saturated rings. The molecule has 130 valence electrons. The molecule has 0 spiro atoms. The van der Waals surface area contributed by atoms with Crippen LogP contribution in [0.3, 0.4) is 0 Å². The first-order valence-electron chi connectivity index (χ1n) is 7.85. The number of aliphatic hydroxyl groups is 1. The SMILES string of the molecule is O=C(NCCOCCO)c1cccc2oc(-c3ccccc3O)nc12. The predicted molar refractivity (Wildman–Crippen MR) is 91.3 cm³/mol. The first kappa shape index (κ1) is 16.9. The van der Waals surface area contributed by atoms with E-state index in [1.807, 2.05) is 0 Å². The van der Waals surface area contributed by atoms with E-state index in [-0.39, 0.29) is 30.8 Å². The minimum absolute atomic E-state index is 0.0543. The van der Waals surface area contributed by atoms with Crippen molar-refractivity contribution in [1.82, 2.24) is 10.3 Å². The van der Waals surface area contributed by atoms with E-state index >= 15 is 0 Å². The van der Waals surface area contributed by atoms with Crippen LogP contribution < -0.4 is 5.32 Å². The number of phenols is 1. The van der Waals surface area contributed by atoms with Gasteiger partial charge in [-0.25, -0.2) is 4.98 Å². The van der Waals surface area contributed by atoms with Crippen LogP contribution in [0.25, 0.3) is 22.6 Å². The van der Waals surface area contributed by atoms with Crippen LogP contribution in [0.4, 0.5) is 0 Å². The Hall–Kier alpha value is -2.90. The zero-order chi connectivity index (χ0) is 17.6. The van der Waals surface area contributed by atoms with Gasteiger partial charge in [0.25, 0.3) is 5.91 Å². The van der Waals surface area contributed by atoms with Gasteiger partial charge >= 0.3 is 0 Å². The maximum absolute atomic E-state index is 12.4. The van der Waals surface area contributed by atoms with Gasteiger partial charge in [0.05, 0.1) is 30.9 Å². The third-order valence-corrected chi connectivity index (χ3v) is 3.57. The van der Waals surface area contributed by atoms with Crippen LogP contribution in [0, 0.1) is 0 Å². The number of rotatable bonds is 7. The van der Waals surface area contributed by atoms with Crippen LogP contribution >= 0.6 is 0 Å². The summed E-state index contributed by atoms with van der Waals surface area (Å²) in [5.41, 5.74) is 1.73. The van der Waals surface area contributed by atoms with Gasteiger partial charge in [-0.15, -0.1) is 0 Å². The highest BCUT2D eigenvalue weighted by molar-refractivity contribution is 6.04. The smallest absolute Gasteiger partial charge is 0.253 e. The first-order valence-corrected chi connectivity index (χ1v) is 7.85. The van der Waals surface area contributed by atoms with Crippen LogP contribution in [0.15, 0.2) is 46.9 Å². The fourth-order valence-electron chi connectivity index (χ4n) is 2.40.